The molecule has 0 unspecified atom stereocenters. The molecule has 174 valence electrons. The number of rotatable bonds is 6. The predicted octanol–water partition coefficient (Wildman–Crippen LogP) is 5.31. The molecule has 0 aliphatic carbocycles. The lowest BCUT2D eigenvalue weighted by Gasteiger charge is -2.15. The number of fused-ring (bicyclic) bond motifs is 1. The summed E-state index contributed by atoms with van der Waals surface area (Å²) in [6, 6.07) is 4.08. The smallest absolute Gasteiger partial charge is 0.239 e. The molecule has 1 aromatic heterocycles. The molecule has 7 nitrogen and oxygen atoms in total. The molecule has 0 spiro atoms. The Kier molecular flexibility index (Phi) is 6.72. The van der Waals surface area contributed by atoms with Crippen molar-refractivity contribution in [3.8, 4) is 40.1 Å². The van der Waals surface area contributed by atoms with Gasteiger partial charge in [0.25, 0.3) is 0 Å². The minimum Gasteiger partial charge on any atom is -0.507 e. The van der Waals surface area contributed by atoms with Gasteiger partial charge in [-0.15, -0.1) is 0 Å². The summed E-state index contributed by atoms with van der Waals surface area (Å²) < 4.78 is 11.3. The second-order valence-electron chi connectivity index (χ2n) is 8.32. The molecule has 3 rings (SSSR count). The monoisotopic (exact) mass is 452 g/mol. The van der Waals surface area contributed by atoms with E-state index in [2.05, 4.69) is 0 Å². The summed E-state index contributed by atoms with van der Waals surface area (Å²) in [7, 11) is 1.30. The van der Waals surface area contributed by atoms with E-state index in [1.165, 1.54) is 25.3 Å². The first kappa shape index (κ1) is 23.8. The maximum atomic E-state index is 13.3. The van der Waals surface area contributed by atoms with E-state index in [0.717, 1.165) is 11.1 Å². The summed E-state index contributed by atoms with van der Waals surface area (Å²) in [6.07, 6.45) is 4.18. The van der Waals surface area contributed by atoms with E-state index in [9.17, 15) is 25.2 Å². The predicted molar refractivity (Wildman–Crippen MR) is 127 cm³/mol. The molecule has 2 aromatic carbocycles. The number of aromatic hydroxyl groups is 4. The molecule has 0 aliphatic heterocycles. The maximum absolute atomic E-state index is 13.3. The van der Waals surface area contributed by atoms with Crippen LogP contribution in [0.1, 0.15) is 38.8 Å². The number of methoxy groups -OCH3 is 1. The highest BCUT2D eigenvalue weighted by Crippen LogP contribution is 2.43. The van der Waals surface area contributed by atoms with Crippen LogP contribution in [0.25, 0.3) is 22.3 Å². The normalized spacial score (nSPS) is 10.8. The third-order valence-corrected chi connectivity index (χ3v) is 5.34. The zero-order chi connectivity index (χ0) is 24.4. The summed E-state index contributed by atoms with van der Waals surface area (Å²) in [5.41, 5.74) is 2.21. The first-order valence-corrected chi connectivity index (χ1v) is 10.5. The minimum absolute atomic E-state index is 0.0123. The van der Waals surface area contributed by atoms with E-state index >= 15 is 0 Å². The SMILES string of the molecule is COc1c(-c2ccc(O)c(O)c2CC=C(C)C)oc2cc(O)c(CC=C(C)C)c(O)c2c1=O. The van der Waals surface area contributed by atoms with Gasteiger partial charge in [0, 0.05) is 22.8 Å². The summed E-state index contributed by atoms with van der Waals surface area (Å²) >= 11 is 0. The average Bonchev–Trinajstić information content (AvgIpc) is 2.73. The van der Waals surface area contributed by atoms with Gasteiger partial charge in [0.1, 0.15) is 22.5 Å². The van der Waals surface area contributed by atoms with Crippen molar-refractivity contribution in [2.24, 2.45) is 0 Å². The van der Waals surface area contributed by atoms with Crippen LogP contribution in [-0.2, 0) is 12.8 Å². The molecule has 1 heterocycles. The van der Waals surface area contributed by atoms with Gasteiger partial charge in [0.15, 0.2) is 17.3 Å². The second-order valence-corrected chi connectivity index (χ2v) is 8.32. The lowest BCUT2D eigenvalue weighted by molar-refractivity contribution is 0.394. The lowest BCUT2D eigenvalue weighted by atomic mass is 9.97. The molecule has 0 amide bonds. The van der Waals surface area contributed by atoms with Crippen molar-refractivity contribution in [2.75, 3.05) is 7.11 Å². The van der Waals surface area contributed by atoms with Crippen LogP contribution in [-0.4, -0.2) is 27.5 Å². The number of allylic oxidation sites excluding steroid dienone is 4. The van der Waals surface area contributed by atoms with Gasteiger partial charge in [-0.2, -0.15) is 0 Å². The molecule has 0 fully saturated rings. The highest BCUT2D eigenvalue weighted by atomic mass is 16.5. The summed E-state index contributed by atoms with van der Waals surface area (Å²) in [5.74, 6) is -1.39. The standard InChI is InChI=1S/C26H28O7/c1-13(2)6-8-15-16(10-11-18(27)22(15)29)25-26(32-5)24(31)21-20(33-25)12-19(28)17(23(21)30)9-7-14(3)4/h6-7,10-12,27-30H,8-9H2,1-5H3. The lowest BCUT2D eigenvalue weighted by Crippen LogP contribution is -2.09. The largest absolute Gasteiger partial charge is 0.507 e. The Labute approximate surface area is 191 Å². The fraction of sp³-hybridized carbons (Fsp3) is 0.269. The van der Waals surface area contributed by atoms with Crippen LogP contribution >= 0.6 is 0 Å². The highest BCUT2D eigenvalue weighted by molar-refractivity contribution is 5.90. The van der Waals surface area contributed by atoms with Crippen molar-refractivity contribution in [1.82, 2.24) is 0 Å². The number of ether oxygens (including phenoxy) is 1. The summed E-state index contributed by atoms with van der Waals surface area (Å²) in [4.78, 5) is 13.3. The molecule has 0 radical (unpaired) electrons. The van der Waals surface area contributed by atoms with Crippen LogP contribution in [0.2, 0.25) is 0 Å². The number of phenols is 4. The van der Waals surface area contributed by atoms with Crippen molar-refractivity contribution in [3.63, 3.8) is 0 Å². The Bertz CT molecular complexity index is 1340. The van der Waals surface area contributed by atoms with Crippen molar-refractivity contribution >= 4 is 11.0 Å². The van der Waals surface area contributed by atoms with Crippen LogP contribution < -0.4 is 10.2 Å². The van der Waals surface area contributed by atoms with Gasteiger partial charge in [-0.25, -0.2) is 0 Å². The molecule has 7 heteroatoms. The highest BCUT2D eigenvalue weighted by Gasteiger charge is 2.25. The Morgan fingerprint density at radius 3 is 2.09 bits per heavy atom. The molecule has 33 heavy (non-hydrogen) atoms. The van der Waals surface area contributed by atoms with E-state index < -0.39 is 5.43 Å². The van der Waals surface area contributed by atoms with E-state index in [4.69, 9.17) is 9.15 Å². The molecule has 0 bridgehead atoms. The second kappa shape index (κ2) is 9.32. The summed E-state index contributed by atoms with van der Waals surface area (Å²) in [6.45, 7) is 7.57. The maximum Gasteiger partial charge on any atom is 0.239 e. The molecule has 4 N–H and O–H groups in total. The Balaban J connectivity index is 2.36. The van der Waals surface area contributed by atoms with Crippen LogP contribution in [0.15, 0.2) is 50.7 Å². The zero-order valence-electron chi connectivity index (χ0n) is 19.3. The van der Waals surface area contributed by atoms with Crippen LogP contribution in [0.5, 0.6) is 28.7 Å². The Morgan fingerprint density at radius 1 is 0.909 bits per heavy atom. The first-order valence-electron chi connectivity index (χ1n) is 10.5. The minimum atomic E-state index is -0.620. The first-order chi connectivity index (χ1) is 15.6. The van der Waals surface area contributed by atoms with Crippen LogP contribution in [0.4, 0.5) is 0 Å². The van der Waals surface area contributed by atoms with Crippen molar-refractivity contribution in [2.45, 2.75) is 40.5 Å². The Morgan fingerprint density at radius 2 is 1.52 bits per heavy atom. The van der Waals surface area contributed by atoms with Gasteiger partial charge in [-0.3, -0.25) is 4.79 Å². The van der Waals surface area contributed by atoms with E-state index in [1.807, 2.05) is 39.8 Å². The van der Waals surface area contributed by atoms with Gasteiger partial charge >= 0.3 is 0 Å². The molecular weight excluding hydrogens is 424 g/mol. The van der Waals surface area contributed by atoms with Gasteiger partial charge in [-0.05, 0) is 52.7 Å². The third kappa shape index (κ3) is 4.53. The molecule has 3 aromatic rings. The average molecular weight is 453 g/mol. The van der Waals surface area contributed by atoms with Crippen LogP contribution in [0.3, 0.4) is 0 Å². The topological polar surface area (TPSA) is 120 Å². The fourth-order valence-electron chi connectivity index (χ4n) is 3.56. The van der Waals surface area contributed by atoms with Crippen LogP contribution in [0, 0.1) is 0 Å². The number of phenolic OH excluding ortho intramolecular Hbond substituents is 4. The van der Waals surface area contributed by atoms with Gasteiger partial charge in [0.05, 0.1) is 7.11 Å². The van der Waals surface area contributed by atoms with Crippen molar-refractivity contribution in [1.29, 1.82) is 0 Å². The number of benzene rings is 2. The molecule has 0 aliphatic rings. The fourth-order valence-corrected chi connectivity index (χ4v) is 3.56. The van der Waals surface area contributed by atoms with Crippen molar-refractivity contribution < 1.29 is 29.6 Å². The van der Waals surface area contributed by atoms with E-state index in [-0.39, 0.29) is 63.9 Å². The molecule has 0 atom stereocenters. The number of hydrogen-bond donors (Lipinski definition) is 4. The van der Waals surface area contributed by atoms with Gasteiger partial charge in [0.2, 0.25) is 11.2 Å². The Hall–Kier alpha value is -3.87. The van der Waals surface area contributed by atoms with E-state index in [1.54, 1.807) is 0 Å². The quantitative estimate of drug-likeness (QED) is 0.295. The molecular formula is C26H28O7. The molecule has 0 saturated carbocycles. The van der Waals surface area contributed by atoms with Gasteiger partial charge < -0.3 is 29.6 Å². The molecule has 0 saturated heterocycles. The van der Waals surface area contributed by atoms with Crippen molar-refractivity contribution in [3.05, 3.63) is 62.8 Å². The van der Waals surface area contributed by atoms with E-state index in [0.29, 0.717) is 11.1 Å². The van der Waals surface area contributed by atoms with Gasteiger partial charge in [-0.1, -0.05) is 23.3 Å². The number of hydrogen-bond acceptors (Lipinski definition) is 7. The third-order valence-electron chi connectivity index (χ3n) is 5.34. The summed E-state index contributed by atoms with van der Waals surface area (Å²) in [5, 5.41) is 41.7. The zero-order valence-corrected chi connectivity index (χ0v) is 19.3.